The average Bonchev–Trinajstić information content (AvgIpc) is 2.61. The maximum Gasteiger partial charge on any atom is 0.334 e. The summed E-state index contributed by atoms with van der Waals surface area (Å²) in [6, 6.07) is 0. The SMILES string of the molecule is CC(C)OC(=O)/C=C1/C[C@@]2(C)C(=O)CCC[C@@]2(OC(C)C)O1. The van der Waals surface area contributed by atoms with Crippen LogP contribution < -0.4 is 0 Å². The van der Waals surface area contributed by atoms with Gasteiger partial charge in [0.25, 0.3) is 0 Å². The summed E-state index contributed by atoms with van der Waals surface area (Å²) in [6.45, 7) is 9.31. The number of carbonyl (C=O) groups excluding carboxylic acids is 2. The fourth-order valence-electron chi connectivity index (χ4n) is 3.31. The lowest BCUT2D eigenvalue weighted by Gasteiger charge is -2.44. The monoisotopic (exact) mass is 310 g/mol. The van der Waals surface area contributed by atoms with E-state index in [0.717, 1.165) is 6.42 Å². The van der Waals surface area contributed by atoms with Gasteiger partial charge in [-0.3, -0.25) is 4.79 Å². The van der Waals surface area contributed by atoms with Gasteiger partial charge >= 0.3 is 5.97 Å². The molecule has 1 saturated carbocycles. The van der Waals surface area contributed by atoms with Gasteiger partial charge in [0, 0.05) is 19.3 Å². The van der Waals surface area contributed by atoms with Crippen LogP contribution in [0.15, 0.2) is 11.8 Å². The largest absolute Gasteiger partial charge is 0.465 e. The predicted octanol–water partition coefficient (Wildman–Crippen LogP) is 3.12. The summed E-state index contributed by atoms with van der Waals surface area (Å²) in [6.07, 6.45) is 3.41. The first-order valence-corrected chi connectivity index (χ1v) is 8.00. The molecule has 2 rings (SSSR count). The van der Waals surface area contributed by atoms with Crippen LogP contribution in [0, 0.1) is 5.41 Å². The Morgan fingerprint density at radius 1 is 1.27 bits per heavy atom. The van der Waals surface area contributed by atoms with Gasteiger partial charge < -0.3 is 14.2 Å². The van der Waals surface area contributed by atoms with Crippen LogP contribution in [-0.4, -0.2) is 29.7 Å². The number of ketones is 1. The maximum absolute atomic E-state index is 12.5. The summed E-state index contributed by atoms with van der Waals surface area (Å²) >= 11 is 0. The molecule has 5 heteroatoms. The molecule has 0 N–H and O–H groups in total. The van der Waals surface area contributed by atoms with Gasteiger partial charge in [0.05, 0.1) is 23.7 Å². The minimum absolute atomic E-state index is 0.0628. The highest BCUT2D eigenvalue weighted by atomic mass is 16.7. The van der Waals surface area contributed by atoms with Crippen molar-refractivity contribution >= 4 is 11.8 Å². The molecular weight excluding hydrogens is 284 g/mol. The van der Waals surface area contributed by atoms with Gasteiger partial charge in [0.15, 0.2) is 0 Å². The molecule has 0 aromatic rings. The van der Waals surface area contributed by atoms with Crippen molar-refractivity contribution in [3.63, 3.8) is 0 Å². The highest BCUT2D eigenvalue weighted by molar-refractivity contribution is 5.88. The van der Waals surface area contributed by atoms with Crippen molar-refractivity contribution in [3.05, 3.63) is 11.8 Å². The molecule has 0 bridgehead atoms. The van der Waals surface area contributed by atoms with E-state index < -0.39 is 17.2 Å². The van der Waals surface area contributed by atoms with Crippen LogP contribution in [0.1, 0.15) is 60.3 Å². The molecule has 1 saturated heterocycles. The molecule has 2 fully saturated rings. The second-order valence-electron chi connectivity index (χ2n) is 6.90. The van der Waals surface area contributed by atoms with Crippen molar-refractivity contribution in [1.29, 1.82) is 0 Å². The minimum atomic E-state index is -0.958. The van der Waals surface area contributed by atoms with Crippen LogP contribution in [0.4, 0.5) is 0 Å². The second-order valence-corrected chi connectivity index (χ2v) is 6.90. The highest BCUT2D eigenvalue weighted by Crippen LogP contribution is 2.55. The molecule has 2 aliphatic rings. The molecule has 2 atom stereocenters. The van der Waals surface area contributed by atoms with E-state index in [-0.39, 0.29) is 18.0 Å². The first kappa shape index (κ1) is 17.0. The normalized spacial score (nSPS) is 33.2. The van der Waals surface area contributed by atoms with Gasteiger partial charge in [0.2, 0.25) is 5.79 Å². The fourth-order valence-corrected chi connectivity index (χ4v) is 3.31. The molecule has 0 radical (unpaired) electrons. The molecule has 5 nitrogen and oxygen atoms in total. The fraction of sp³-hybridized carbons (Fsp3) is 0.765. The number of fused-ring (bicyclic) bond motifs is 1. The van der Waals surface area contributed by atoms with E-state index in [1.165, 1.54) is 6.08 Å². The van der Waals surface area contributed by atoms with Gasteiger partial charge in [-0.05, 0) is 41.0 Å². The molecular formula is C17H26O5. The van der Waals surface area contributed by atoms with Crippen molar-refractivity contribution in [1.82, 2.24) is 0 Å². The van der Waals surface area contributed by atoms with E-state index in [0.29, 0.717) is 25.0 Å². The smallest absolute Gasteiger partial charge is 0.334 e. The molecule has 22 heavy (non-hydrogen) atoms. The number of Topliss-reactive ketones (excluding diaryl/α,β-unsaturated/α-hetero) is 1. The Kier molecular flexibility index (Phi) is 4.66. The van der Waals surface area contributed by atoms with Crippen molar-refractivity contribution in [2.75, 3.05) is 0 Å². The molecule has 0 aromatic carbocycles. The number of hydrogen-bond donors (Lipinski definition) is 0. The van der Waals surface area contributed by atoms with E-state index in [1.54, 1.807) is 13.8 Å². The molecule has 0 unspecified atom stereocenters. The Bertz CT molecular complexity index is 493. The lowest BCUT2D eigenvalue weighted by atomic mass is 9.69. The van der Waals surface area contributed by atoms with Crippen LogP contribution in [-0.2, 0) is 23.8 Å². The number of esters is 1. The molecule has 1 heterocycles. The molecule has 0 aromatic heterocycles. The molecule has 0 spiro atoms. The Morgan fingerprint density at radius 2 is 1.95 bits per heavy atom. The number of ether oxygens (including phenoxy) is 3. The van der Waals surface area contributed by atoms with Crippen LogP contribution in [0.2, 0.25) is 0 Å². The first-order valence-electron chi connectivity index (χ1n) is 8.00. The van der Waals surface area contributed by atoms with Gasteiger partial charge in [0.1, 0.15) is 11.5 Å². The zero-order chi connectivity index (χ0) is 16.5. The Morgan fingerprint density at radius 3 is 2.55 bits per heavy atom. The van der Waals surface area contributed by atoms with E-state index in [9.17, 15) is 9.59 Å². The third-order valence-corrected chi connectivity index (χ3v) is 4.25. The summed E-state index contributed by atoms with van der Waals surface area (Å²) in [4.78, 5) is 24.3. The third kappa shape index (κ3) is 3.05. The summed E-state index contributed by atoms with van der Waals surface area (Å²) in [7, 11) is 0. The van der Waals surface area contributed by atoms with Crippen molar-refractivity contribution in [2.45, 2.75) is 78.3 Å². The van der Waals surface area contributed by atoms with Gasteiger partial charge in [-0.1, -0.05) is 0 Å². The predicted molar refractivity (Wildman–Crippen MR) is 80.9 cm³/mol. The number of rotatable bonds is 4. The van der Waals surface area contributed by atoms with Gasteiger partial charge in [-0.15, -0.1) is 0 Å². The van der Waals surface area contributed by atoms with Crippen LogP contribution in [0.3, 0.4) is 0 Å². The van der Waals surface area contributed by atoms with E-state index >= 15 is 0 Å². The standard InChI is InChI=1S/C17H26O5/c1-11(2)20-15(19)9-13-10-16(5)14(18)7-6-8-17(16,22-13)21-12(3)4/h9,11-12H,6-8,10H2,1-5H3/b13-9-/t16-,17+/m0/s1. The Labute approximate surface area is 132 Å². The summed E-state index contributed by atoms with van der Waals surface area (Å²) in [5, 5.41) is 0. The number of hydrogen-bond acceptors (Lipinski definition) is 5. The summed E-state index contributed by atoms with van der Waals surface area (Å²) in [5.74, 6) is -0.788. The van der Waals surface area contributed by atoms with Crippen LogP contribution >= 0.6 is 0 Å². The summed E-state index contributed by atoms with van der Waals surface area (Å²) < 4.78 is 17.2. The third-order valence-electron chi connectivity index (χ3n) is 4.25. The zero-order valence-electron chi connectivity index (χ0n) is 14.1. The van der Waals surface area contributed by atoms with Gasteiger partial charge in [-0.2, -0.15) is 0 Å². The second kappa shape index (κ2) is 6.03. The van der Waals surface area contributed by atoms with Crippen LogP contribution in [0.5, 0.6) is 0 Å². The van der Waals surface area contributed by atoms with Gasteiger partial charge in [-0.25, -0.2) is 4.79 Å². The van der Waals surface area contributed by atoms with Crippen LogP contribution in [0.25, 0.3) is 0 Å². The average molecular weight is 310 g/mol. The molecule has 0 amide bonds. The Hall–Kier alpha value is -1.36. The maximum atomic E-state index is 12.5. The van der Waals surface area contributed by atoms with Crippen molar-refractivity contribution < 1.29 is 23.8 Å². The molecule has 1 aliphatic carbocycles. The van der Waals surface area contributed by atoms with E-state index in [2.05, 4.69) is 0 Å². The van der Waals surface area contributed by atoms with Crippen molar-refractivity contribution in [3.8, 4) is 0 Å². The zero-order valence-corrected chi connectivity index (χ0v) is 14.1. The first-order chi connectivity index (χ1) is 10.2. The number of allylic oxidation sites excluding steroid dienone is 1. The lowest BCUT2D eigenvalue weighted by molar-refractivity contribution is -0.267. The Balaban J connectivity index is 2.29. The minimum Gasteiger partial charge on any atom is -0.465 e. The van der Waals surface area contributed by atoms with Crippen molar-refractivity contribution in [2.24, 2.45) is 5.41 Å². The number of carbonyl (C=O) groups is 2. The van der Waals surface area contributed by atoms with E-state index in [4.69, 9.17) is 14.2 Å². The quantitative estimate of drug-likeness (QED) is 0.590. The topological polar surface area (TPSA) is 61.8 Å². The summed E-state index contributed by atoms with van der Waals surface area (Å²) in [5.41, 5.74) is -0.737. The molecule has 1 aliphatic heterocycles. The van der Waals surface area contributed by atoms with E-state index in [1.807, 2.05) is 20.8 Å². The highest BCUT2D eigenvalue weighted by Gasteiger charge is 2.63. The molecule has 124 valence electrons. The lowest BCUT2D eigenvalue weighted by Crippen LogP contribution is -2.54.